The molecule has 3 rings (SSSR count). The van der Waals surface area contributed by atoms with Crippen LogP contribution in [0.5, 0.6) is 17.4 Å². The highest BCUT2D eigenvalue weighted by molar-refractivity contribution is 5.96. The summed E-state index contributed by atoms with van der Waals surface area (Å²) in [5, 5.41) is 12.4. The van der Waals surface area contributed by atoms with E-state index < -0.39 is 0 Å². The SMILES string of the molecule is C=C(C)Nc1n[n+](CC(=O)c2cc(OCC)cc(OCCC(C)(C)C)c2)c2ccc(OC(CC)CC)nn12. The number of allylic oxidation sites excluding steroid dienone is 1. The van der Waals surface area contributed by atoms with Gasteiger partial charge in [0.05, 0.1) is 13.2 Å². The van der Waals surface area contributed by atoms with Crippen LogP contribution in [0.25, 0.3) is 5.65 Å². The molecule has 1 aromatic carbocycles. The summed E-state index contributed by atoms with van der Waals surface area (Å²) in [4.78, 5) is 13.5. The minimum atomic E-state index is -0.128. The first kappa shape index (κ1) is 28.9. The molecule has 9 nitrogen and oxygen atoms in total. The molecule has 0 saturated carbocycles. The molecule has 0 amide bonds. The van der Waals surface area contributed by atoms with Gasteiger partial charge in [0, 0.05) is 29.5 Å². The van der Waals surface area contributed by atoms with Gasteiger partial charge in [-0.2, -0.15) is 0 Å². The van der Waals surface area contributed by atoms with E-state index in [4.69, 9.17) is 14.2 Å². The van der Waals surface area contributed by atoms with Crippen molar-refractivity contribution >= 4 is 17.4 Å². The van der Waals surface area contributed by atoms with Gasteiger partial charge >= 0.3 is 11.6 Å². The van der Waals surface area contributed by atoms with Gasteiger partial charge in [0.2, 0.25) is 5.78 Å². The average Bonchev–Trinajstić information content (AvgIpc) is 3.17. The molecule has 3 aromatic rings. The van der Waals surface area contributed by atoms with E-state index in [1.54, 1.807) is 27.4 Å². The zero-order valence-electron chi connectivity index (χ0n) is 23.8. The molecule has 2 aromatic heterocycles. The molecule has 0 fully saturated rings. The predicted octanol–water partition coefficient (Wildman–Crippen LogP) is 5.63. The summed E-state index contributed by atoms with van der Waals surface area (Å²) < 4.78 is 21.0. The maximum Gasteiger partial charge on any atom is 0.362 e. The minimum Gasteiger partial charge on any atom is -0.494 e. The van der Waals surface area contributed by atoms with E-state index in [1.807, 2.05) is 26.0 Å². The number of ether oxygens (including phenoxy) is 3. The van der Waals surface area contributed by atoms with Gasteiger partial charge in [-0.3, -0.25) is 4.79 Å². The van der Waals surface area contributed by atoms with Crippen LogP contribution in [0.2, 0.25) is 0 Å². The highest BCUT2D eigenvalue weighted by atomic mass is 16.5. The minimum absolute atomic E-state index is 0.00675. The van der Waals surface area contributed by atoms with Crippen molar-refractivity contribution in [3.8, 4) is 17.4 Å². The number of carbonyl (C=O) groups excluding carboxylic acids is 1. The molecule has 0 atom stereocenters. The molecule has 0 radical (unpaired) electrons. The summed E-state index contributed by atoms with van der Waals surface area (Å²) in [6.45, 7) is 19.4. The van der Waals surface area contributed by atoms with Crippen LogP contribution in [0, 0.1) is 5.41 Å². The molecule has 38 heavy (non-hydrogen) atoms. The van der Waals surface area contributed by atoms with Gasteiger partial charge in [-0.1, -0.05) is 45.7 Å². The van der Waals surface area contributed by atoms with Gasteiger partial charge in [-0.05, 0) is 60.9 Å². The molecule has 0 bridgehead atoms. The number of rotatable bonds is 14. The Hall–Kier alpha value is -3.62. The van der Waals surface area contributed by atoms with Gasteiger partial charge in [0.15, 0.2) is 6.54 Å². The lowest BCUT2D eigenvalue weighted by atomic mass is 9.93. The molecule has 206 valence electrons. The van der Waals surface area contributed by atoms with Crippen molar-refractivity contribution in [1.82, 2.24) is 14.7 Å². The Labute approximate surface area is 225 Å². The molecule has 1 N–H and O–H groups in total. The summed E-state index contributed by atoms with van der Waals surface area (Å²) >= 11 is 0. The topological polar surface area (TPSA) is 90.9 Å². The molecule has 0 aliphatic carbocycles. The molecule has 9 heteroatoms. The number of nitrogens with one attached hydrogen (secondary N) is 1. The number of anilines is 1. The number of hydrogen-bond acceptors (Lipinski definition) is 7. The van der Waals surface area contributed by atoms with E-state index in [2.05, 4.69) is 56.7 Å². The number of aromatic nitrogens is 4. The second-order valence-corrected chi connectivity index (χ2v) is 10.6. The molecule has 0 aliphatic rings. The van der Waals surface area contributed by atoms with Crippen LogP contribution in [0.4, 0.5) is 5.95 Å². The Balaban J connectivity index is 1.91. The molecule has 0 spiro atoms. The van der Waals surface area contributed by atoms with E-state index in [0.29, 0.717) is 53.4 Å². The number of nitrogens with zero attached hydrogens (tertiary/aromatic N) is 4. The van der Waals surface area contributed by atoms with Crippen molar-refractivity contribution in [2.45, 2.75) is 80.4 Å². The van der Waals surface area contributed by atoms with Crippen LogP contribution in [0.1, 0.15) is 78.1 Å². The fourth-order valence-corrected chi connectivity index (χ4v) is 3.80. The lowest BCUT2D eigenvalue weighted by Crippen LogP contribution is -2.40. The number of ketones is 1. The van der Waals surface area contributed by atoms with Crippen LogP contribution in [0.15, 0.2) is 42.6 Å². The first-order chi connectivity index (χ1) is 18.0. The fraction of sp³-hybridized carbons (Fsp3) is 0.517. The van der Waals surface area contributed by atoms with Gasteiger partial charge < -0.3 is 19.5 Å². The van der Waals surface area contributed by atoms with Crippen molar-refractivity contribution in [3.05, 3.63) is 48.2 Å². The summed E-state index contributed by atoms with van der Waals surface area (Å²) in [5.74, 6) is 2.02. The Morgan fingerprint density at radius 2 is 1.79 bits per heavy atom. The monoisotopic (exact) mass is 524 g/mol. The number of fused-ring (bicyclic) bond motifs is 1. The van der Waals surface area contributed by atoms with Crippen molar-refractivity contribution in [2.24, 2.45) is 5.41 Å². The second-order valence-electron chi connectivity index (χ2n) is 10.6. The molecular formula is C29H42N5O4+. The van der Waals surface area contributed by atoms with E-state index >= 15 is 0 Å². The summed E-state index contributed by atoms with van der Waals surface area (Å²) in [6, 6.07) is 8.99. The van der Waals surface area contributed by atoms with Gasteiger partial charge in [0.1, 0.15) is 17.6 Å². The van der Waals surface area contributed by atoms with E-state index in [0.717, 1.165) is 19.3 Å². The number of carbonyl (C=O) groups is 1. The lowest BCUT2D eigenvalue weighted by molar-refractivity contribution is -0.714. The van der Waals surface area contributed by atoms with Crippen LogP contribution in [-0.4, -0.2) is 39.8 Å². The zero-order valence-corrected chi connectivity index (χ0v) is 23.8. The van der Waals surface area contributed by atoms with Crippen molar-refractivity contribution in [2.75, 3.05) is 18.5 Å². The number of Topliss-reactive ketones (excluding diaryl/α,β-unsaturated/α-hetero) is 1. The van der Waals surface area contributed by atoms with Crippen molar-refractivity contribution < 1.29 is 23.7 Å². The maximum atomic E-state index is 13.5. The molecule has 0 aliphatic heterocycles. The van der Waals surface area contributed by atoms with Gasteiger partial charge in [0.25, 0.3) is 5.88 Å². The van der Waals surface area contributed by atoms with Gasteiger partial charge in [-0.15, -0.1) is 4.68 Å². The second kappa shape index (κ2) is 12.8. The highest BCUT2D eigenvalue weighted by Crippen LogP contribution is 2.26. The van der Waals surface area contributed by atoms with Crippen molar-refractivity contribution in [1.29, 1.82) is 0 Å². The third-order valence-corrected chi connectivity index (χ3v) is 5.92. The Bertz CT molecular complexity index is 1260. The highest BCUT2D eigenvalue weighted by Gasteiger charge is 2.25. The zero-order chi connectivity index (χ0) is 27.9. The number of benzene rings is 1. The summed E-state index contributed by atoms with van der Waals surface area (Å²) in [5.41, 5.74) is 1.98. The molecule has 2 heterocycles. The molecule has 0 saturated heterocycles. The Morgan fingerprint density at radius 3 is 2.39 bits per heavy atom. The average molecular weight is 525 g/mol. The van der Waals surface area contributed by atoms with Crippen LogP contribution < -0.4 is 24.2 Å². The number of hydrogen-bond donors (Lipinski definition) is 1. The van der Waals surface area contributed by atoms with Gasteiger partial charge in [-0.25, -0.2) is 0 Å². The molecular weight excluding hydrogens is 482 g/mol. The first-order valence-corrected chi connectivity index (χ1v) is 13.4. The van der Waals surface area contributed by atoms with Crippen LogP contribution in [0.3, 0.4) is 0 Å². The van der Waals surface area contributed by atoms with E-state index in [1.165, 1.54) is 0 Å². The Kier molecular flexibility index (Phi) is 9.72. The maximum absolute atomic E-state index is 13.5. The quantitative estimate of drug-likeness (QED) is 0.216. The third-order valence-electron chi connectivity index (χ3n) is 5.92. The van der Waals surface area contributed by atoms with Crippen molar-refractivity contribution in [3.63, 3.8) is 0 Å². The lowest BCUT2D eigenvalue weighted by Gasteiger charge is -2.18. The van der Waals surface area contributed by atoms with E-state index in [9.17, 15) is 4.79 Å². The third kappa shape index (κ3) is 7.94. The predicted molar refractivity (Wildman–Crippen MR) is 148 cm³/mol. The standard InChI is InChI=1S/C29H42N5O4/c1-9-22(10-2)38-26-12-13-27-33(32-28(30-20(4)5)34(27)31-26)19-25(35)21-16-23(36-11-3)18-24(17-21)37-15-14-29(6,7)8/h12-13,16-18,22H,4,9-11,14-15,19H2,1-3,5-8H3,(H,30,32)/q+1. The largest absolute Gasteiger partial charge is 0.494 e. The first-order valence-electron chi connectivity index (χ1n) is 13.4. The van der Waals surface area contributed by atoms with Crippen LogP contribution in [-0.2, 0) is 6.54 Å². The summed E-state index contributed by atoms with van der Waals surface area (Å²) in [7, 11) is 0. The Morgan fingerprint density at radius 1 is 1.11 bits per heavy atom. The summed E-state index contributed by atoms with van der Waals surface area (Å²) in [6.07, 6.45) is 2.73. The van der Waals surface area contributed by atoms with Crippen LogP contribution >= 0.6 is 0 Å². The fourth-order valence-electron chi connectivity index (χ4n) is 3.80. The smallest absolute Gasteiger partial charge is 0.362 e. The van der Waals surface area contributed by atoms with E-state index in [-0.39, 0.29) is 23.8 Å². The molecule has 0 unspecified atom stereocenters. The normalized spacial score (nSPS) is 11.6.